The number of rotatable bonds is 4. The van der Waals surface area contributed by atoms with Crippen LogP contribution in [0.3, 0.4) is 0 Å². The summed E-state index contributed by atoms with van der Waals surface area (Å²) in [5.74, 6) is 2.08. The third-order valence-electron chi connectivity index (χ3n) is 2.08. The maximum Gasteiger partial charge on any atom is 0.228 e. The Bertz CT molecular complexity index is 468. The second-order valence-corrected chi connectivity index (χ2v) is 3.40. The van der Waals surface area contributed by atoms with Crippen molar-refractivity contribution in [1.82, 2.24) is 20.1 Å². The van der Waals surface area contributed by atoms with Crippen LogP contribution in [0, 0.1) is 13.8 Å². The summed E-state index contributed by atoms with van der Waals surface area (Å²) < 4.78 is 5.00. The maximum absolute atomic E-state index is 5.00. The van der Waals surface area contributed by atoms with E-state index in [9.17, 15) is 0 Å². The molecule has 0 unspecified atom stereocenters. The van der Waals surface area contributed by atoms with Gasteiger partial charge in [-0.3, -0.25) is 4.98 Å². The molecule has 0 atom stereocenters. The molecule has 2 rings (SSSR count). The fourth-order valence-corrected chi connectivity index (χ4v) is 1.31. The summed E-state index contributed by atoms with van der Waals surface area (Å²) in [6, 6.07) is 0. The molecule has 0 aliphatic heterocycles. The fourth-order valence-electron chi connectivity index (χ4n) is 1.31. The molecule has 6 heteroatoms. The van der Waals surface area contributed by atoms with Crippen LogP contribution in [0.4, 0.5) is 5.82 Å². The second kappa shape index (κ2) is 4.69. The molecule has 84 valence electrons. The van der Waals surface area contributed by atoms with Crippen molar-refractivity contribution in [3.8, 4) is 0 Å². The molecule has 2 heterocycles. The van der Waals surface area contributed by atoms with Crippen LogP contribution < -0.4 is 5.32 Å². The fraction of sp³-hybridized carbons (Fsp3) is 0.400. The zero-order chi connectivity index (χ0) is 11.4. The van der Waals surface area contributed by atoms with Gasteiger partial charge in [-0.2, -0.15) is 4.98 Å². The van der Waals surface area contributed by atoms with Crippen molar-refractivity contribution in [2.75, 3.05) is 11.9 Å². The van der Waals surface area contributed by atoms with Gasteiger partial charge in [0.2, 0.25) is 5.89 Å². The molecular weight excluding hydrogens is 206 g/mol. The minimum atomic E-state index is 0.631. The van der Waals surface area contributed by atoms with Gasteiger partial charge < -0.3 is 9.84 Å². The predicted molar refractivity (Wildman–Crippen MR) is 58.0 cm³/mol. The number of nitrogens with one attached hydrogen (secondary N) is 1. The molecule has 2 aromatic heterocycles. The Morgan fingerprint density at radius 3 is 2.75 bits per heavy atom. The average molecular weight is 219 g/mol. The van der Waals surface area contributed by atoms with Crippen LogP contribution in [-0.2, 0) is 6.42 Å². The van der Waals surface area contributed by atoms with Gasteiger partial charge in [0.05, 0.1) is 5.69 Å². The number of aromatic nitrogens is 4. The summed E-state index contributed by atoms with van der Waals surface area (Å²) in [7, 11) is 0. The van der Waals surface area contributed by atoms with E-state index >= 15 is 0 Å². The maximum atomic E-state index is 5.00. The molecule has 0 saturated carbocycles. The molecule has 6 nitrogen and oxygen atoms in total. The van der Waals surface area contributed by atoms with Gasteiger partial charge in [-0.05, 0) is 13.8 Å². The van der Waals surface area contributed by atoms with Gasteiger partial charge in [0.15, 0.2) is 5.82 Å². The first kappa shape index (κ1) is 10.5. The average Bonchev–Trinajstić information content (AvgIpc) is 2.67. The standard InChI is InChI=1S/C10H13N5O/c1-7-10(13-6-5-11-7)12-4-3-9-14-8(2)15-16-9/h5-6H,3-4H2,1-2H3,(H,12,13). The molecule has 16 heavy (non-hydrogen) atoms. The molecular formula is C10H13N5O. The number of hydrogen-bond donors (Lipinski definition) is 1. The van der Waals surface area contributed by atoms with E-state index < -0.39 is 0 Å². The largest absolute Gasteiger partial charge is 0.368 e. The van der Waals surface area contributed by atoms with E-state index in [1.165, 1.54) is 0 Å². The number of hydrogen-bond acceptors (Lipinski definition) is 6. The number of nitrogens with zero attached hydrogens (tertiary/aromatic N) is 4. The lowest BCUT2D eigenvalue weighted by atomic mass is 10.4. The zero-order valence-electron chi connectivity index (χ0n) is 9.27. The smallest absolute Gasteiger partial charge is 0.228 e. The summed E-state index contributed by atoms with van der Waals surface area (Å²) in [6.07, 6.45) is 4.00. The van der Waals surface area contributed by atoms with E-state index in [0.717, 1.165) is 11.5 Å². The van der Waals surface area contributed by atoms with Crippen LogP contribution in [0.2, 0.25) is 0 Å². The van der Waals surface area contributed by atoms with Crippen LogP contribution in [0.1, 0.15) is 17.4 Å². The molecule has 0 spiro atoms. The van der Waals surface area contributed by atoms with E-state index in [0.29, 0.717) is 24.7 Å². The quantitative estimate of drug-likeness (QED) is 0.830. The van der Waals surface area contributed by atoms with Crippen molar-refractivity contribution in [1.29, 1.82) is 0 Å². The van der Waals surface area contributed by atoms with Crippen molar-refractivity contribution in [2.24, 2.45) is 0 Å². The van der Waals surface area contributed by atoms with Crippen molar-refractivity contribution in [3.63, 3.8) is 0 Å². The van der Waals surface area contributed by atoms with Crippen LogP contribution in [0.15, 0.2) is 16.9 Å². The SMILES string of the molecule is Cc1noc(CCNc2nccnc2C)n1. The number of aryl methyl sites for hydroxylation is 2. The Balaban J connectivity index is 1.87. The molecule has 2 aromatic rings. The minimum absolute atomic E-state index is 0.631. The van der Waals surface area contributed by atoms with Crippen LogP contribution in [0.5, 0.6) is 0 Å². The first-order valence-corrected chi connectivity index (χ1v) is 5.06. The van der Waals surface area contributed by atoms with Gasteiger partial charge in [0.1, 0.15) is 5.82 Å². The van der Waals surface area contributed by atoms with Gasteiger partial charge in [0, 0.05) is 25.4 Å². The molecule has 0 radical (unpaired) electrons. The molecule has 0 aliphatic rings. The van der Waals surface area contributed by atoms with E-state index in [-0.39, 0.29) is 0 Å². The van der Waals surface area contributed by atoms with Crippen molar-refractivity contribution in [3.05, 3.63) is 29.8 Å². The van der Waals surface area contributed by atoms with Crippen molar-refractivity contribution in [2.45, 2.75) is 20.3 Å². The third kappa shape index (κ3) is 2.53. The van der Waals surface area contributed by atoms with Crippen LogP contribution in [0.25, 0.3) is 0 Å². The highest BCUT2D eigenvalue weighted by Crippen LogP contribution is 2.06. The zero-order valence-corrected chi connectivity index (χ0v) is 9.27. The van der Waals surface area contributed by atoms with Gasteiger partial charge in [-0.25, -0.2) is 4.98 Å². The highest BCUT2D eigenvalue weighted by atomic mass is 16.5. The van der Waals surface area contributed by atoms with Crippen molar-refractivity contribution < 1.29 is 4.52 Å². The van der Waals surface area contributed by atoms with E-state index in [1.807, 2.05) is 6.92 Å². The number of anilines is 1. The van der Waals surface area contributed by atoms with Gasteiger partial charge >= 0.3 is 0 Å². The van der Waals surface area contributed by atoms with E-state index in [4.69, 9.17) is 4.52 Å². The van der Waals surface area contributed by atoms with Gasteiger partial charge in [0.25, 0.3) is 0 Å². The molecule has 1 N–H and O–H groups in total. The highest BCUT2D eigenvalue weighted by Gasteiger charge is 2.03. The summed E-state index contributed by atoms with van der Waals surface area (Å²) >= 11 is 0. The Morgan fingerprint density at radius 2 is 2.06 bits per heavy atom. The normalized spacial score (nSPS) is 10.4. The molecule has 0 fully saturated rings. The van der Waals surface area contributed by atoms with Crippen molar-refractivity contribution >= 4 is 5.82 Å². The Labute approximate surface area is 93.1 Å². The van der Waals surface area contributed by atoms with Crippen LogP contribution >= 0.6 is 0 Å². The lowest BCUT2D eigenvalue weighted by Crippen LogP contribution is -2.08. The molecule has 0 bridgehead atoms. The first-order valence-electron chi connectivity index (χ1n) is 5.06. The highest BCUT2D eigenvalue weighted by molar-refractivity contribution is 5.38. The topological polar surface area (TPSA) is 76.7 Å². The molecule has 0 aromatic carbocycles. The Morgan fingerprint density at radius 1 is 1.25 bits per heavy atom. The molecule has 0 amide bonds. The lowest BCUT2D eigenvalue weighted by Gasteiger charge is -2.04. The first-order chi connectivity index (χ1) is 7.75. The summed E-state index contributed by atoms with van der Waals surface area (Å²) in [6.45, 7) is 4.40. The Hall–Kier alpha value is -1.98. The van der Waals surface area contributed by atoms with Crippen LogP contribution in [-0.4, -0.2) is 26.7 Å². The summed E-state index contributed by atoms with van der Waals surface area (Å²) in [5, 5.41) is 6.89. The summed E-state index contributed by atoms with van der Waals surface area (Å²) in [5.41, 5.74) is 0.879. The third-order valence-corrected chi connectivity index (χ3v) is 2.08. The van der Waals surface area contributed by atoms with Gasteiger partial charge in [-0.1, -0.05) is 5.16 Å². The monoisotopic (exact) mass is 219 g/mol. The second-order valence-electron chi connectivity index (χ2n) is 3.40. The Kier molecular flexibility index (Phi) is 3.09. The van der Waals surface area contributed by atoms with Gasteiger partial charge in [-0.15, -0.1) is 0 Å². The van der Waals surface area contributed by atoms with E-state index in [1.54, 1.807) is 19.3 Å². The lowest BCUT2D eigenvalue weighted by molar-refractivity contribution is 0.377. The molecule has 0 saturated heterocycles. The predicted octanol–water partition coefficient (Wildman–Crippen LogP) is 1.13. The summed E-state index contributed by atoms with van der Waals surface area (Å²) in [4.78, 5) is 12.4. The van der Waals surface area contributed by atoms with E-state index in [2.05, 4.69) is 25.4 Å². The minimum Gasteiger partial charge on any atom is -0.368 e. The molecule has 0 aliphatic carbocycles.